The molecule has 6 nitrogen and oxygen atoms in total. The molecule has 3 rings (SSSR count). The minimum absolute atomic E-state index is 0.129. The number of nitrogens with one attached hydrogen (secondary N) is 2. The van der Waals surface area contributed by atoms with Crippen LogP contribution >= 0.6 is 11.3 Å². The Labute approximate surface area is 172 Å². The van der Waals surface area contributed by atoms with Crippen molar-refractivity contribution in [2.75, 3.05) is 14.2 Å². The number of carbonyl (C=O) groups excluding carboxylic acids is 1. The van der Waals surface area contributed by atoms with Gasteiger partial charge in [-0.3, -0.25) is 4.79 Å². The molecule has 9 heteroatoms. The third-order valence-electron chi connectivity index (χ3n) is 4.29. The zero-order valence-corrected chi connectivity index (χ0v) is 17.3. The average molecular weight is 435 g/mol. The van der Waals surface area contributed by atoms with Crippen molar-refractivity contribution in [3.63, 3.8) is 0 Å². The van der Waals surface area contributed by atoms with Crippen LogP contribution in [0.4, 0.5) is 4.39 Å². The number of hydrogen-bond acceptors (Lipinski definition) is 5. The summed E-state index contributed by atoms with van der Waals surface area (Å²) < 4.78 is 45.2. The van der Waals surface area contributed by atoms with E-state index >= 15 is 0 Å². The molecular formula is C20H19FN2O4S2. The van der Waals surface area contributed by atoms with Crippen LogP contribution in [-0.2, 0) is 10.0 Å². The molecule has 0 saturated heterocycles. The maximum atomic E-state index is 13.3. The zero-order chi connectivity index (χ0) is 21.0. The lowest BCUT2D eigenvalue weighted by Crippen LogP contribution is -2.29. The van der Waals surface area contributed by atoms with Gasteiger partial charge in [0, 0.05) is 10.4 Å². The molecular weight excluding hydrogens is 415 g/mol. The highest BCUT2D eigenvalue weighted by Gasteiger charge is 2.23. The summed E-state index contributed by atoms with van der Waals surface area (Å²) in [5.74, 6) is -0.714. The van der Waals surface area contributed by atoms with Crippen molar-refractivity contribution in [3.8, 4) is 5.75 Å². The van der Waals surface area contributed by atoms with Crippen molar-refractivity contribution in [1.82, 2.24) is 10.0 Å². The van der Waals surface area contributed by atoms with Crippen LogP contribution in [0.3, 0.4) is 0 Å². The van der Waals surface area contributed by atoms with Gasteiger partial charge in [0.05, 0.1) is 13.2 Å². The standard InChI is InChI=1S/C20H19FN2O4S2/c1-22-29(25,26)18-12-14(7-10-16(18)27-2)20(24)23-19(17-4-3-11-28-17)13-5-8-15(21)9-6-13/h3-12,19,22H,1-2H3,(H,23,24). The largest absolute Gasteiger partial charge is 0.495 e. The molecule has 29 heavy (non-hydrogen) atoms. The first kappa shape index (κ1) is 21.0. The third kappa shape index (κ3) is 4.64. The summed E-state index contributed by atoms with van der Waals surface area (Å²) in [7, 11) is -1.19. The van der Waals surface area contributed by atoms with Gasteiger partial charge in [0.2, 0.25) is 10.0 Å². The molecule has 0 aliphatic carbocycles. The molecule has 1 heterocycles. The number of rotatable bonds is 7. The topological polar surface area (TPSA) is 84.5 Å². The highest BCUT2D eigenvalue weighted by molar-refractivity contribution is 7.89. The quantitative estimate of drug-likeness (QED) is 0.598. The number of ether oxygens (including phenoxy) is 1. The summed E-state index contributed by atoms with van der Waals surface area (Å²) in [5.41, 5.74) is 0.863. The number of thiophene rings is 1. The molecule has 1 amide bonds. The molecule has 152 valence electrons. The molecule has 0 fully saturated rings. The van der Waals surface area contributed by atoms with Gasteiger partial charge < -0.3 is 10.1 Å². The molecule has 0 spiro atoms. The number of halogens is 1. The Morgan fingerprint density at radius 2 is 1.86 bits per heavy atom. The highest BCUT2D eigenvalue weighted by atomic mass is 32.2. The summed E-state index contributed by atoms with van der Waals surface area (Å²) in [5, 5.41) is 4.78. The van der Waals surface area contributed by atoms with Crippen LogP contribution in [0, 0.1) is 5.82 Å². The van der Waals surface area contributed by atoms with Crippen molar-refractivity contribution in [2.45, 2.75) is 10.9 Å². The van der Waals surface area contributed by atoms with Crippen molar-refractivity contribution in [1.29, 1.82) is 0 Å². The first-order valence-electron chi connectivity index (χ1n) is 8.57. The van der Waals surface area contributed by atoms with Crippen LogP contribution in [0.15, 0.2) is 64.9 Å². The summed E-state index contributed by atoms with van der Waals surface area (Å²) in [4.78, 5) is 13.6. The van der Waals surface area contributed by atoms with E-state index in [2.05, 4.69) is 10.0 Å². The summed E-state index contributed by atoms with van der Waals surface area (Å²) in [6, 6.07) is 13.2. The monoisotopic (exact) mass is 434 g/mol. The van der Waals surface area contributed by atoms with Crippen LogP contribution in [0.1, 0.15) is 26.8 Å². The lowest BCUT2D eigenvalue weighted by Gasteiger charge is -2.19. The van der Waals surface area contributed by atoms with Gasteiger partial charge in [-0.15, -0.1) is 11.3 Å². The van der Waals surface area contributed by atoms with E-state index in [1.165, 1.54) is 55.8 Å². The number of methoxy groups -OCH3 is 1. The summed E-state index contributed by atoms with van der Waals surface area (Å²) in [6.45, 7) is 0. The first-order valence-corrected chi connectivity index (χ1v) is 10.9. The second-order valence-electron chi connectivity index (χ2n) is 6.05. The Kier molecular flexibility index (Phi) is 6.31. The first-order chi connectivity index (χ1) is 13.9. The van der Waals surface area contributed by atoms with Crippen molar-refractivity contribution in [3.05, 3.63) is 81.8 Å². The van der Waals surface area contributed by atoms with Gasteiger partial charge in [-0.05, 0) is 54.4 Å². The number of amides is 1. The van der Waals surface area contributed by atoms with Crippen molar-refractivity contribution in [2.24, 2.45) is 0 Å². The van der Waals surface area contributed by atoms with Crippen LogP contribution in [0.2, 0.25) is 0 Å². The average Bonchev–Trinajstić information content (AvgIpc) is 3.26. The Morgan fingerprint density at radius 1 is 1.14 bits per heavy atom. The number of hydrogen-bond donors (Lipinski definition) is 2. The number of carbonyl (C=O) groups is 1. The molecule has 0 saturated carbocycles. The molecule has 2 N–H and O–H groups in total. The molecule has 2 aromatic carbocycles. The minimum Gasteiger partial charge on any atom is -0.495 e. The van der Waals surface area contributed by atoms with Gasteiger partial charge in [-0.1, -0.05) is 18.2 Å². The normalized spacial score (nSPS) is 12.4. The predicted molar refractivity (Wildman–Crippen MR) is 109 cm³/mol. The van der Waals surface area contributed by atoms with Gasteiger partial charge in [0.15, 0.2) is 0 Å². The zero-order valence-electron chi connectivity index (χ0n) is 15.7. The van der Waals surface area contributed by atoms with Crippen molar-refractivity contribution < 1.29 is 22.3 Å². The number of benzene rings is 2. The molecule has 0 aliphatic rings. The lowest BCUT2D eigenvalue weighted by atomic mass is 10.0. The smallest absolute Gasteiger partial charge is 0.252 e. The molecule has 3 aromatic rings. The maximum absolute atomic E-state index is 13.3. The van der Waals surface area contributed by atoms with E-state index in [9.17, 15) is 17.6 Å². The fraction of sp³-hybridized carbons (Fsp3) is 0.150. The molecule has 0 radical (unpaired) electrons. The number of sulfonamides is 1. The van der Waals surface area contributed by atoms with Crippen LogP contribution in [0.25, 0.3) is 0 Å². The second kappa shape index (κ2) is 8.73. The Hall–Kier alpha value is -2.75. The van der Waals surface area contributed by atoms with E-state index in [1.807, 2.05) is 17.5 Å². The molecule has 0 aliphatic heterocycles. The Morgan fingerprint density at radius 3 is 2.45 bits per heavy atom. The SMILES string of the molecule is CNS(=O)(=O)c1cc(C(=O)NC(c2ccc(F)cc2)c2cccs2)ccc1OC. The van der Waals surface area contributed by atoms with E-state index in [0.29, 0.717) is 5.56 Å². The third-order valence-corrected chi connectivity index (χ3v) is 6.66. The van der Waals surface area contributed by atoms with Gasteiger partial charge >= 0.3 is 0 Å². The van der Waals surface area contributed by atoms with E-state index in [4.69, 9.17) is 4.74 Å². The molecule has 1 unspecified atom stereocenters. The Bertz CT molecular complexity index is 1100. The lowest BCUT2D eigenvalue weighted by molar-refractivity contribution is 0.0943. The van der Waals surface area contributed by atoms with Gasteiger partial charge in [-0.25, -0.2) is 17.5 Å². The maximum Gasteiger partial charge on any atom is 0.252 e. The highest BCUT2D eigenvalue weighted by Crippen LogP contribution is 2.28. The van der Waals surface area contributed by atoms with Gasteiger partial charge in [0.1, 0.15) is 16.5 Å². The van der Waals surface area contributed by atoms with E-state index < -0.39 is 22.0 Å². The van der Waals surface area contributed by atoms with Crippen LogP contribution in [-0.4, -0.2) is 28.5 Å². The van der Waals surface area contributed by atoms with E-state index in [-0.39, 0.29) is 22.0 Å². The van der Waals surface area contributed by atoms with E-state index in [1.54, 1.807) is 12.1 Å². The Balaban J connectivity index is 1.96. The minimum atomic E-state index is -3.82. The van der Waals surface area contributed by atoms with Crippen LogP contribution in [0.5, 0.6) is 5.75 Å². The van der Waals surface area contributed by atoms with Crippen molar-refractivity contribution >= 4 is 27.3 Å². The second-order valence-corrected chi connectivity index (χ2v) is 8.88. The summed E-state index contributed by atoms with van der Waals surface area (Å²) in [6.07, 6.45) is 0. The van der Waals surface area contributed by atoms with Gasteiger partial charge in [-0.2, -0.15) is 0 Å². The molecule has 1 atom stereocenters. The predicted octanol–water partition coefficient (Wildman–Crippen LogP) is 3.32. The van der Waals surface area contributed by atoms with E-state index in [0.717, 1.165) is 4.88 Å². The van der Waals surface area contributed by atoms with Crippen LogP contribution < -0.4 is 14.8 Å². The van der Waals surface area contributed by atoms with Gasteiger partial charge in [0.25, 0.3) is 5.91 Å². The molecule has 1 aromatic heterocycles. The summed E-state index contributed by atoms with van der Waals surface area (Å²) >= 11 is 1.45. The fourth-order valence-electron chi connectivity index (χ4n) is 2.78. The molecule has 0 bridgehead atoms. The fourth-order valence-corrected chi connectivity index (χ4v) is 4.50.